The molecular weight excluding hydrogens is 431 g/mol. The number of aryl methyl sites for hydroxylation is 1. The number of thiazole rings is 1. The van der Waals surface area contributed by atoms with Crippen molar-refractivity contribution < 1.29 is 17.9 Å². The first-order chi connectivity index (χ1) is 14.5. The molecule has 2 aromatic rings. The number of rotatable bonds is 4. The molecule has 11 heteroatoms. The summed E-state index contributed by atoms with van der Waals surface area (Å²) < 4.78 is 49.5. The monoisotopic (exact) mass is 455 g/mol. The summed E-state index contributed by atoms with van der Waals surface area (Å²) in [5.41, 5.74) is -0.449. The largest absolute Gasteiger partial charge is 0.413 e. The second-order valence-electron chi connectivity index (χ2n) is 9.12. The van der Waals surface area contributed by atoms with Crippen molar-refractivity contribution in [3.8, 4) is 0 Å². The van der Waals surface area contributed by atoms with Gasteiger partial charge in [0.15, 0.2) is 5.54 Å². The van der Waals surface area contributed by atoms with Crippen LogP contribution in [-0.2, 0) is 17.7 Å². The van der Waals surface area contributed by atoms with Crippen molar-refractivity contribution in [1.29, 1.82) is 0 Å². The van der Waals surface area contributed by atoms with Gasteiger partial charge in [0, 0.05) is 36.9 Å². The van der Waals surface area contributed by atoms with E-state index in [1.54, 1.807) is 5.51 Å². The maximum Gasteiger partial charge on any atom is 0.413 e. The van der Waals surface area contributed by atoms with Crippen molar-refractivity contribution >= 4 is 23.1 Å². The van der Waals surface area contributed by atoms with E-state index in [1.807, 2.05) is 18.7 Å². The fraction of sp³-hybridized carbons (Fsp3) is 0.650. The summed E-state index contributed by atoms with van der Waals surface area (Å²) in [6, 6.07) is 1.36. The van der Waals surface area contributed by atoms with Crippen molar-refractivity contribution in [2.45, 2.75) is 63.5 Å². The number of alkyl halides is 3. The van der Waals surface area contributed by atoms with Gasteiger partial charge in [-0.25, -0.2) is 4.98 Å². The number of ether oxygens (including phenoxy) is 1. The van der Waals surface area contributed by atoms with Gasteiger partial charge in [-0.05, 0) is 20.8 Å². The van der Waals surface area contributed by atoms with Crippen LogP contribution in [0.2, 0.25) is 0 Å². The molecule has 31 heavy (non-hydrogen) atoms. The van der Waals surface area contributed by atoms with Gasteiger partial charge in [0.2, 0.25) is 5.95 Å². The molecule has 7 nitrogen and oxygen atoms in total. The second kappa shape index (κ2) is 6.68. The molecule has 0 aliphatic carbocycles. The zero-order valence-corrected chi connectivity index (χ0v) is 18.4. The van der Waals surface area contributed by atoms with Gasteiger partial charge in [-0.3, -0.25) is 9.36 Å². The lowest BCUT2D eigenvalue weighted by atomic mass is 10.0. The highest BCUT2D eigenvalue weighted by molar-refractivity contribution is 7.09. The fourth-order valence-corrected chi connectivity index (χ4v) is 5.73. The minimum absolute atomic E-state index is 0.0636. The normalized spacial score (nSPS) is 29.8. The molecule has 0 radical (unpaired) electrons. The Morgan fingerprint density at radius 2 is 2.13 bits per heavy atom. The van der Waals surface area contributed by atoms with E-state index in [-0.39, 0.29) is 24.1 Å². The SMILES string of the molecule is Cc1ncsc1CCN1c2nc(N3C[C@@H]4CC3(C)CO4)cc(=O)n2C[C@@]1(C)C(F)(F)F. The molecule has 0 aromatic carbocycles. The summed E-state index contributed by atoms with van der Waals surface area (Å²) in [5.74, 6) is 0.506. The Balaban J connectivity index is 1.55. The first-order valence-electron chi connectivity index (χ1n) is 10.3. The molecule has 2 aromatic heterocycles. The number of morpholine rings is 1. The van der Waals surface area contributed by atoms with Crippen LogP contribution in [0.3, 0.4) is 0 Å². The topological polar surface area (TPSA) is 63.5 Å². The molecule has 3 aliphatic rings. The van der Waals surface area contributed by atoms with Crippen LogP contribution in [0.1, 0.15) is 30.8 Å². The molecule has 2 saturated heterocycles. The molecule has 5 heterocycles. The minimum atomic E-state index is -4.53. The lowest BCUT2D eigenvalue weighted by Gasteiger charge is -2.38. The number of hydrogen-bond donors (Lipinski definition) is 0. The van der Waals surface area contributed by atoms with E-state index in [2.05, 4.69) is 9.97 Å². The average molecular weight is 456 g/mol. The molecule has 3 aliphatic heterocycles. The van der Waals surface area contributed by atoms with Crippen LogP contribution in [0.4, 0.5) is 24.9 Å². The lowest BCUT2D eigenvalue weighted by Crippen LogP contribution is -2.56. The highest BCUT2D eigenvalue weighted by Crippen LogP contribution is 2.45. The van der Waals surface area contributed by atoms with Gasteiger partial charge in [0.05, 0.1) is 36.0 Å². The molecule has 0 spiro atoms. The van der Waals surface area contributed by atoms with Crippen LogP contribution in [0.25, 0.3) is 0 Å². The molecule has 168 valence electrons. The first-order valence-corrected chi connectivity index (χ1v) is 11.1. The Labute approximate surface area is 181 Å². The summed E-state index contributed by atoms with van der Waals surface area (Å²) in [5, 5.41) is 0. The maximum atomic E-state index is 14.2. The molecule has 0 N–H and O–H groups in total. The van der Waals surface area contributed by atoms with E-state index in [1.165, 1.54) is 22.3 Å². The van der Waals surface area contributed by atoms with E-state index in [0.29, 0.717) is 25.4 Å². The molecule has 2 bridgehead atoms. The Bertz CT molecular complexity index is 1090. The molecule has 1 unspecified atom stereocenters. The molecule has 0 amide bonds. The van der Waals surface area contributed by atoms with E-state index >= 15 is 0 Å². The zero-order valence-electron chi connectivity index (χ0n) is 17.6. The number of nitrogens with zero attached hydrogens (tertiary/aromatic N) is 5. The molecule has 5 rings (SSSR count). The summed E-state index contributed by atoms with van der Waals surface area (Å²) in [4.78, 5) is 25.9. The number of hydrogen-bond acceptors (Lipinski definition) is 7. The highest BCUT2D eigenvalue weighted by atomic mass is 32.1. The van der Waals surface area contributed by atoms with Gasteiger partial charge < -0.3 is 14.5 Å². The Morgan fingerprint density at radius 1 is 1.35 bits per heavy atom. The lowest BCUT2D eigenvalue weighted by molar-refractivity contribution is -0.182. The Morgan fingerprint density at radius 3 is 2.71 bits per heavy atom. The smallest absolute Gasteiger partial charge is 0.374 e. The Kier molecular flexibility index (Phi) is 4.47. The Hall–Kier alpha value is -2.14. The van der Waals surface area contributed by atoms with Crippen molar-refractivity contribution in [3.63, 3.8) is 0 Å². The fourth-order valence-electron chi connectivity index (χ4n) is 4.96. The third kappa shape index (κ3) is 3.07. The van der Waals surface area contributed by atoms with Gasteiger partial charge in [-0.15, -0.1) is 11.3 Å². The van der Waals surface area contributed by atoms with Crippen LogP contribution in [-0.4, -0.2) is 57.6 Å². The van der Waals surface area contributed by atoms with Crippen LogP contribution in [0.15, 0.2) is 16.4 Å². The highest BCUT2D eigenvalue weighted by Gasteiger charge is 2.60. The van der Waals surface area contributed by atoms with Gasteiger partial charge in [-0.1, -0.05) is 0 Å². The van der Waals surface area contributed by atoms with E-state index < -0.39 is 23.8 Å². The van der Waals surface area contributed by atoms with Crippen molar-refractivity contribution in [2.75, 3.05) is 29.5 Å². The summed E-state index contributed by atoms with van der Waals surface area (Å²) in [6.45, 7) is 5.76. The quantitative estimate of drug-likeness (QED) is 0.707. The predicted octanol–water partition coefficient (Wildman–Crippen LogP) is 2.76. The number of halogens is 3. The molecule has 3 atom stereocenters. The summed E-state index contributed by atoms with van der Waals surface area (Å²) in [7, 11) is 0. The van der Waals surface area contributed by atoms with E-state index in [4.69, 9.17) is 4.74 Å². The molecular formula is C20H24F3N5O2S. The zero-order chi connectivity index (χ0) is 22.2. The van der Waals surface area contributed by atoms with Gasteiger partial charge in [0.1, 0.15) is 5.82 Å². The third-order valence-corrected chi connectivity index (χ3v) is 7.90. The van der Waals surface area contributed by atoms with Crippen molar-refractivity contribution in [2.24, 2.45) is 0 Å². The molecule has 0 saturated carbocycles. The number of anilines is 2. The van der Waals surface area contributed by atoms with Crippen molar-refractivity contribution in [1.82, 2.24) is 14.5 Å². The van der Waals surface area contributed by atoms with Crippen LogP contribution in [0.5, 0.6) is 0 Å². The average Bonchev–Trinajstić information content (AvgIpc) is 3.41. The standard InChI is InChI=1S/C20H24F3N5O2S/c1-12-14(31-11-24-12)4-5-27-17-25-15(28-8-13-7-18(28,2)10-30-13)6-16(29)26(17)9-19(27,3)20(21,22)23/h6,11,13H,4-5,7-10H2,1-3H3/t13-,18?,19-/m0/s1. The first kappa shape index (κ1) is 20.7. The van der Waals surface area contributed by atoms with Crippen LogP contribution < -0.4 is 15.4 Å². The van der Waals surface area contributed by atoms with Crippen LogP contribution in [0, 0.1) is 6.92 Å². The maximum absolute atomic E-state index is 14.2. The van der Waals surface area contributed by atoms with Crippen LogP contribution >= 0.6 is 11.3 Å². The van der Waals surface area contributed by atoms with E-state index in [9.17, 15) is 18.0 Å². The van der Waals surface area contributed by atoms with E-state index in [0.717, 1.165) is 28.5 Å². The summed E-state index contributed by atoms with van der Waals surface area (Å²) in [6.07, 6.45) is -3.24. The number of aromatic nitrogens is 3. The van der Waals surface area contributed by atoms with Gasteiger partial charge in [0.25, 0.3) is 5.56 Å². The predicted molar refractivity (Wildman–Crippen MR) is 111 cm³/mol. The third-order valence-electron chi connectivity index (χ3n) is 6.91. The van der Waals surface area contributed by atoms with Gasteiger partial charge >= 0.3 is 6.18 Å². The van der Waals surface area contributed by atoms with Gasteiger partial charge in [-0.2, -0.15) is 18.2 Å². The molecule has 2 fully saturated rings. The minimum Gasteiger partial charge on any atom is -0.374 e. The van der Waals surface area contributed by atoms with Crippen molar-refractivity contribution in [3.05, 3.63) is 32.5 Å². The number of fused-ring (bicyclic) bond motifs is 3. The summed E-state index contributed by atoms with van der Waals surface area (Å²) >= 11 is 1.43. The second-order valence-corrected chi connectivity index (χ2v) is 10.1.